The lowest BCUT2D eigenvalue weighted by molar-refractivity contribution is 0.0882. The van der Waals surface area contributed by atoms with Crippen molar-refractivity contribution in [2.75, 3.05) is 20.8 Å². The molecule has 0 spiro atoms. The van der Waals surface area contributed by atoms with Gasteiger partial charge in [0.05, 0.1) is 14.2 Å². The molecule has 0 aliphatic heterocycles. The van der Waals surface area contributed by atoms with Crippen LogP contribution in [0.2, 0.25) is 0 Å². The Hall–Kier alpha value is -2.35. The first-order valence-corrected chi connectivity index (χ1v) is 8.18. The summed E-state index contributed by atoms with van der Waals surface area (Å²) in [6, 6.07) is 3.30. The maximum absolute atomic E-state index is 12.7. The summed E-state index contributed by atoms with van der Waals surface area (Å²) in [5.41, 5.74) is 0.317. The van der Waals surface area contributed by atoms with Gasteiger partial charge in [-0.1, -0.05) is 25.2 Å². The number of rotatable bonds is 6. The van der Waals surface area contributed by atoms with Gasteiger partial charge in [-0.2, -0.15) is 0 Å². The zero-order chi connectivity index (χ0) is 17.6. The average molecular weight is 331 g/mol. The van der Waals surface area contributed by atoms with Gasteiger partial charge in [-0.25, -0.2) is 0 Å². The van der Waals surface area contributed by atoms with Gasteiger partial charge >= 0.3 is 0 Å². The van der Waals surface area contributed by atoms with Crippen molar-refractivity contribution in [3.63, 3.8) is 0 Å². The summed E-state index contributed by atoms with van der Waals surface area (Å²) in [6.07, 6.45) is 10.7. The highest BCUT2D eigenvalue weighted by Gasteiger charge is 2.29. The highest BCUT2D eigenvalue weighted by Crippen LogP contribution is 2.39. The molecule has 1 aliphatic carbocycles. The predicted octanol–water partition coefficient (Wildman–Crippen LogP) is 3.17. The third kappa shape index (κ3) is 4.14. The van der Waals surface area contributed by atoms with Gasteiger partial charge in [0, 0.05) is 11.1 Å². The number of carbonyl (C=O) groups is 1. The van der Waals surface area contributed by atoms with Crippen molar-refractivity contribution in [2.24, 2.45) is 0 Å². The molecule has 0 atom stereocenters. The molecule has 0 aromatic heterocycles. The summed E-state index contributed by atoms with van der Waals surface area (Å²) in [7, 11) is 3.03. The summed E-state index contributed by atoms with van der Waals surface area (Å²) in [6.45, 7) is 2.19. The van der Waals surface area contributed by atoms with Gasteiger partial charge in [0.2, 0.25) is 5.75 Å². The minimum absolute atomic E-state index is 0.0936. The molecular formula is C19H25NO4. The first-order valence-electron chi connectivity index (χ1n) is 8.18. The maximum atomic E-state index is 12.7. The molecule has 0 bridgehead atoms. The highest BCUT2D eigenvalue weighted by atomic mass is 16.5. The molecule has 1 N–H and O–H groups in total. The van der Waals surface area contributed by atoms with Gasteiger partial charge in [0.15, 0.2) is 11.5 Å². The van der Waals surface area contributed by atoms with Crippen LogP contribution in [-0.2, 0) is 0 Å². The van der Waals surface area contributed by atoms with Crippen molar-refractivity contribution < 1.29 is 19.0 Å². The molecule has 0 heterocycles. The van der Waals surface area contributed by atoms with E-state index in [9.17, 15) is 4.79 Å². The summed E-state index contributed by atoms with van der Waals surface area (Å²) < 4.78 is 16.2. The lowest BCUT2D eigenvalue weighted by Gasteiger charge is -2.34. The van der Waals surface area contributed by atoms with Crippen LogP contribution in [0.1, 0.15) is 49.4 Å². The van der Waals surface area contributed by atoms with Gasteiger partial charge in [-0.3, -0.25) is 4.79 Å². The summed E-state index contributed by atoms with van der Waals surface area (Å²) in [5, 5.41) is 3.15. The number of benzene rings is 1. The van der Waals surface area contributed by atoms with Crippen LogP contribution in [0, 0.1) is 12.3 Å². The van der Waals surface area contributed by atoms with Crippen molar-refractivity contribution in [2.45, 2.75) is 44.6 Å². The van der Waals surface area contributed by atoms with Crippen LogP contribution in [0.5, 0.6) is 17.2 Å². The smallest absolute Gasteiger partial charge is 0.251 e. The molecule has 5 heteroatoms. The van der Waals surface area contributed by atoms with Crippen LogP contribution in [-0.4, -0.2) is 32.3 Å². The minimum Gasteiger partial charge on any atom is -0.493 e. The molecule has 24 heavy (non-hydrogen) atoms. The Morgan fingerprint density at radius 3 is 2.29 bits per heavy atom. The van der Waals surface area contributed by atoms with E-state index in [1.54, 1.807) is 12.1 Å². The van der Waals surface area contributed by atoms with E-state index in [0.29, 0.717) is 22.8 Å². The fraction of sp³-hybridized carbons (Fsp3) is 0.526. The fourth-order valence-electron chi connectivity index (χ4n) is 3.07. The molecule has 0 saturated heterocycles. The van der Waals surface area contributed by atoms with E-state index in [-0.39, 0.29) is 18.1 Å². The first kappa shape index (κ1) is 18.0. The van der Waals surface area contributed by atoms with Gasteiger partial charge in [0.25, 0.3) is 5.91 Å². The second kappa shape index (κ2) is 7.96. The predicted molar refractivity (Wildman–Crippen MR) is 92.8 cm³/mol. The van der Waals surface area contributed by atoms with Crippen molar-refractivity contribution >= 4 is 5.91 Å². The number of hydrogen-bond donors (Lipinski definition) is 1. The molecule has 1 amide bonds. The Bertz CT molecular complexity index is 602. The molecule has 0 unspecified atom stereocenters. The number of hydrogen-bond acceptors (Lipinski definition) is 4. The number of amides is 1. The summed E-state index contributed by atoms with van der Waals surface area (Å²) in [5.74, 6) is 3.50. The van der Waals surface area contributed by atoms with Crippen molar-refractivity contribution in [3.8, 4) is 29.6 Å². The van der Waals surface area contributed by atoms with E-state index in [2.05, 4.69) is 18.2 Å². The Morgan fingerprint density at radius 1 is 1.21 bits per heavy atom. The fourth-order valence-corrected chi connectivity index (χ4v) is 3.07. The largest absolute Gasteiger partial charge is 0.493 e. The second-order valence-corrected chi connectivity index (χ2v) is 6.28. The van der Waals surface area contributed by atoms with Crippen LogP contribution < -0.4 is 19.5 Å². The van der Waals surface area contributed by atoms with Crippen LogP contribution in [0.3, 0.4) is 0 Å². The van der Waals surface area contributed by atoms with Gasteiger partial charge in [0.1, 0.15) is 6.61 Å². The van der Waals surface area contributed by atoms with Gasteiger partial charge < -0.3 is 19.5 Å². The zero-order valence-electron chi connectivity index (χ0n) is 14.6. The molecule has 0 radical (unpaired) electrons. The van der Waals surface area contributed by atoms with Crippen molar-refractivity contribution in [1.82, 2.24) is 5.32 Å². The van der Waals surface area contributed by atoms with Gasteiger partial charge in [-0.15, -0.1) is 6.42 Å². The number of nitrogens with one attached hydrogen (secondary N) is 1. The van der Waals surface area contributed by atoms with Crippen molar-refractivity contribution in [1.29, 1.82) is 0 Å². The molecule has 1 aliphatic rings. The molecule has 1 fully saturated rings. The molecular weight excluding hydrogens is 306 g/mol. The lowest BCUT2D eigenvalue weighted by Crippen LogP contribution is -2.47. The van der Waals surface area contributed by atoms with E-state index in [1.807, 2.05) is 0 Å². The SMILES string of the molecule is C#CCOc1c(OC)cc(C(=O)NC2(C)CCCCC2)cc1OC. The number of terminal acetylenes is 1. The van der Waals surface area contributed by atoms with Gasteiger partial charge in [-0.05, 0) is 31.9 Å². The number of ether oxygens (including phenoxy) is 3. The summed E-state index contributed by atoms with van der Waals surface area (Å²) >= 11 is 0. The first-order chi connectivity index (χ1) is 11.5. The molecule has 5 nitrogen and oxygen atoms in total. The standard InChI is InChI=1S/C19H25NO4/c1-5-11-24-17-15(22-3)12-14(13-16(17)23-4)18(21)20-19(2)9-7-6-8-10-19/h1,12-13H,6-11H2,2-4H3,(H,20,21). The normalized spacial score (nSPS) is 15.9. The molecule has 1 aromatic carbocycles. The van der Waals surface area contributed by atoms with E-state index in [1.165, 1.54) is 20.6 Å². The molecule has 1 aromatic rings. The monoisotopic (exact) mass is 331 g/mol. The molecule has 2 rings (SSSR count). The zero-order valence-corrected chi connectivity index (χ0v) is 14.6. The topological polar surface area (TPSA) is 56.8 Å². The van der Waals surface area contributed by atoms with Crippen molar-refractivity contribution in [3.05, 3.63) is 17.7 Å². The number of methoxy groups -OCH3 is 2. The van der Waals surface area contributed by atoms with Crippen LogP contribution in [0.15, 0.2) is 12.1 Å². The lowest BCUT2D eigenvalue weighted by atomic mass is 9.83. The molecule has 1 saturated carbocycles. The average Bonchev–Trinajstić information content (AvgIpc) is 2.59. The Balaban J connectivity index is 2.26. The third-order valence-electron chi connectivity index (χ3n) is 4.40. The number of carbonyl (C=O) groups excluding carboxylic acids is 1. The quantitative estimate of drug-likeness (QED) is 0.814. The van der Waals surface area contributed by atoms with Crippen LogP contribution >= 0.6 is 0 Å². The maximum Gasteiger partial charge on any atom is 0.251 e. The van der Waals surface area contributed by atoms with E-state index in [4.69, 9.17) is 20.6 Å². The summed E-state index contributed by atoms with van der Waals surface area (Å²) in [4.78, 5) is 12.7. The Labute approximate surface area is 143 Å². The van der Waals surface area contributed by atoms with Crippen LogP contribution in [0.25, 0.3) is 0 Å². The van der Waals surface area contributed by atoms with Crippen LogP contribution in [0.4, 0.5) is 0 Å². The van der Waals surface area contributed by atoms with E-state index < -0.39 is 0 Å². The molecule has 130 valence electrons. The highest BCUT2D eigenvalue weighted by molar-refractivity contribution is 5.96. The second-order valence-electron chi connectivity index (χ2n) is 6.28. The third-order valence-corrected chi connectivity index (χ3v) is 4.40. The minimum atomic E-state index is -0.158. The Morgan fingerprint density at radius 2 is 1.79 bits per heavy atom. The van der Waals surface area contributed by atoms with E-state index >= 15 is 0 Å². The Kier molecular flexibility index (Phi) is 5.97. The van der Waals surface area contributed by atoms with E-state index in [0.717, 1.165) is 25.7 Å².